The third-order valence-corrected chi connectivity index (χ3v) is 16.9. The van der Waals surface area contributed by atoms with Crippen LogP contribution >= 0.6 is 0 Å². The fourth-order valence-electron chi connectivity index (χ4n) is 13.7. The average molecular weight is 790 g/mol. The van der Waals surface area contributed by atoms with E-state index in [0.717, 1.165) is 62.5 Å². The van der Waals surface area contributed by atoms with Gasteiger partial charge in [0.15, 0.2) is 5.78 Å². The molecular formula is C47H71N3O7. The Morgan fingerprint density at radius 2 is 1.72 bits per heavy atom. The van der Waals surface area contributed by atoms with Gasteiger partial charge in [-0.05, 0) is 122 Å². The molecule has 0 aliphatic heterocycles. The Morgan fingerprint density at radius 3 is 2.35 bits per heavy atom. The van der Waals surface area contributed by atoms with Crippen LogP contribution in [0.2, 0.25) is 0 Å². The number of ether oxygens (including phenoxy) is 1. The van der Waals surface area contributed by atoms with Gasteiger partial charge in [-0.3, -0.25) is 29.1 Å². The predicted octanol–water partition coefficient (Wildman–Crippen LogP) is 7.77. The number of aliphatic carboxylic acids is 1. The number of carbonyl (C=O) groups excluding carboxylic acids is 3. The standard InChI is InChI=1S/C47H71N3O7/c1-29(2)39-33(52)24-47(36(53)28-50(23-22-49-30(3)51)27-31-12-11-21-48-26-31)20-19-45(9)32(40(39)47)13-14-35-44(8)17-16-37(57-38(54)25-42(4,5)41(55)56)43(6,7)34(44)15-18-46(35,45)10/h11-12,21,26,29,32,34-37,53H,13-20,22-25,27-28H2,1-10H3,(H,49,51)(H,55,56)/t32-,34+,35-,36+,37+,44+,45-,46-,47+/m1/s1. The fourth-order valence-corrected chi connectivity index (χ4v) is 13.7. The second kappa shape index (κ2) is 15.5. The molecule has 5 aliphatic rings. The van der Waals surface area contributed by atoms with Gasteiger partial charge < -0.3 is 20.3 Å². The summed E-state index contributed by atoms with van der Waals surface area (Å²) in [4.78, 5) is 57.5. The minimum atomic E-state index is -1.18. The molecule has 0 aromatic carbocycles. The van der Waals surface area contributed by atoms with Crippen molar-refractivity contribution in [3.05, 3.63) is 41.2 Å². The van der Waals surface area contributed by atoms with E-state index in [1.807, 2.05) is 18.3 Å². The number of allylic oxidation sites excluding steroid dienone is 1. The van der Waals surface area contributed by atoms with Crippen LogP contribution < -0.4 is 5.32 Å². The van der Waals surface area contributed by atoms with Crippen molar-refractivity contribution in [1.29, 1.82) is 0 Å². The molecular weight excluding hydrogens is 719 g/mol. The lowest BCUT2D eigenvalue weighted by molar-refractivity contribution is -0.235. The monoisotopic (exact) mass is 790 g/mol. The molecule has 0 spiro atoms. The zero-order chi connectivity index (χ0) is 41.9. The number of esters is 1. The van der Waals surface area contributed by atoms with Crippen LogP contribution in [0, 0.1) is 56.2 Å². The maximum Gasteiger partial charge on any atom is 0.309 e. The molecule has 10 heteroatoms. The van der Waals surface area contributed by atoms with Gasteiger partial charge in [0.25, 0.3) is 0 Å². The molecule has 1 amide bonds. The number of carboxylic acid groups (broad SMARTS) is 1. The van der Waals surface area contributed by atoms with E-state index in [0.29, 0.717) is 44.4 Å². The fraction of sp³-hybridized carbons (Fsp3) is 0.766. The van der Waals surface area contributed by atoms with Crippen LogP contribution in [-0.4, -0.2) is 75.6 Å². The van der Waals surface area contributed by atoms with Crippen LogP contribution in [0.15, 0.2) is 35.7 Å². The van der Waals surface area contributed by atoms with Crippen LogP contribution in [0.4, 0.5) is 0 Å². The van der Waals surface area contributed by atoms with Crippen molar-refractivity contribution < 1.29 is 34.1 Å². The lowest BCUT2D eigenvalue weighted by Crippen LogP contribution is -2.66. The van der Waals surface area contributed by atoms with Crippen molar-refractivity contribution >= 4 is 23.6 Å². The highest BCUT2D eigenvalue weighted by Crippen LogP contribution is 2.77. The number of nitrogens with zero attached hydrogens (tertiary/aromatic N) is 2. The zero-order valence-electron chi connectivity index (χ0n) is 36.5. The van der Waals surface area contributed by atoms with E-state index in [1.165, 1.54) is 12.5 Å². The van der Waals surface area contributed by atoms with Crippen LogP contribution in [0.5, 0.6) is 0 Å². The summed E-state index contributed by atoms with van der Waals surface area (Å²) in [5, 5.41) is 25.2. The molecule has 1 aromatic heterocycles. The van der Waals surface area contributed by atoms with Gasteiger partial charge in [0.05, 0.1) is 17.9 Å². The number of rotatable bonds is 13. The summed E-state index contributed by atoms with van der Waals surface area (Å²) in [5.74, 6) is -0.265. The lowest BCUT2D eigenvalue weighted by atomic mass is 9.33. The van der Waals surface area contributed by atoms with E-state index >= 15 is 0 Å². The third-order valence-electron chi connectivity index (χ3n) is 16.9. The second-order valence-corrected chi connectivity index (χ2v) is 21.2. The highest BCUT2D eigenvalue weighted by molar-refractivity contribution is 6.00. The Balaban J connectivity index is 1.28. The first-order valence-electron chi connectivity index (χ1n) is 21.8. The summed E-state index contributed by atoms with van der Waals surface area (Å²) in [6.07, 6.45) is 10.3. The van der Waals surface area contributed by atoms with Crippen LogP contribution in [0.25, 0.3) is 0 Å². The number of carbonyl (C=O) groups is 4. The minimum absolute atomic E-state index is 0.00875. The van der Waals surface area contributed by atoms with Gasteiger partial charge in [-0.1, -0.05) is 60.1 Å². The molecule has 5 aliphatic carbocycles. The molecule has 10 nitrogen and oxygen atoms in total. The van der Waals surface area contributed by atoms with Gasteiger partial charge in [-0.25, -0.2) is 0 Å². The van der Waals surface area contributed by atoms with Crippen LogP contribution in [-0.2, 0) is 30.5 Å². The number of aromatic nitrogens is 1. The molecule has 9 atom stereocenters. The quantitative estimate of drug-likeness (QED) is 0.171. The van der Waals surface area contributed by atoms with Crippen molar-refractivity contribution in [2.45, 2.75) is 152 Å². The van der Waals surface area contributed by atoms with Gasteiger partial charge in [0.1, 0.15) is 6.10 Å². The number of fused-ring (bicyclic) bond motifs is 7. The predicted molar refractivity (Wildman–Crippen MR) is 220 cm³/mol. The smallest absolute Gasteiger partial charge is 0.309 e. The molecule has 4 fully saturated rings. The molecule has 0 bridgehead atoms. The maximum absolute atomic E-state index is 14.3. The SMILES string of the molecule is CC(=O)NCCN(Cc1cccnc1)C[C@H](O)[C@@]12CC[C@]3(C)[C@H](CC[C@@H]4[C@@]5(C)CC[C@H](OC(=O)CC(C)(C)C(=O)O)C(C)(C)[C@@H]5CC[C@]43C)C1=C(C(C)C)C(=O)C2. The maximum atomic E-state index is 14.3. The first-order chi connectivity index (χ1) is 26.5. The number of hydrogen-bond acceptors (Lipinski definition) is 8. The Bertz CT molecular complexity index is 1760. The number of ketones is 1. The molecule has 0 saturated heterocycles. The van der Waals surface area contributed by atoms with E-state index in [4.69, 9.17) is 4.74 Å². The summed E-state index contributed by atoms with van der Waals surface area (Å²) in [6, 6.07) is 3.95. The number of aliphatic hydroxyl groups is 1. The normalized spacial score (nSPS) is 35.2. The van der Waals surface area contributed by atoms with Crippen molar-refractivity contribution in [1.82, 2.24) is 15.2 Å². The van der Waals surface area contributed by atoms with E-state index in [1.54, 1.807) is 20.0 Å². The Kier molecular flexibility index (Phi) is 11.8. The summed E-state index contributed by atoms with van der Waals surface area (Å²) in [7, 11) is 0. The first-order valence-corrected chi connectivity index (χ1v) is 21.8. The highest BCUT2D eigenvalue weighted by Gasteiger charge is 2.71. The molecule has 0 radical (unpaired) electrons. The highest BCUT2D eigenvalue weighted by atomic mass is 16.5. The van der Waals surface area contributed by atoms with Crippen LogP contribution in [0.3, 0.4) is 0 Å². The van der Waals surface area contributed by atoms with Crippen LogP contribution in [0.1, 0.15) is 139 Å². The summed E-state index contributed by atoms with van der Waals surface area (Å²) in [6.45, 7) is 23.1. The number of Topliss-reactive ketones (excluding diaryl/α,β-unsaturated/α-hetero) is 1. The largest absolute Gasteiger partial charge is 0.481 e. The van der Waals surface area contributed by atoms with Crippen molar-refractivity contribution in [3.8, 4) is 0 Å². The minimum Gasteiger partial charge on any atom is -0.481 e. The number of pyridine rings is 1. The summed E-state index contributed by atoms with van der Waals surface area (Å²) >= 11 is 0. The molecule has 316 valence electrons. The van der Waals surface area contributed by atoms with E-state index in [9.17, 15) is 29.4 Å². The molecule has 6 rings (SSSR count). The zero-order valence-corrected chi connectivity index (χ0v) is 36.5. The Morgan fingerprint density at radius 1 is 1.00 bits per heavy atom. The average Bonchev–Trinajstić information content (AvgIpc) is 3.43. The molecule has 1 aromatic rings. The van der Waals surface area contributed by atoms with E-state index in [2.05, 4.69) is 63.7 Å². The van der Waals surface area contributed by atoms with Crippen molar-refractivity contribution in [2.75, 3.05) is 19.6 Å². The molecule has 3 N–H and O–H groups in total. The first kappa shape index (κ1) is 43.5. The van der Waals surface area contributed by atoms with E-state index in [-0.39, 0.29) is 57.7 Å². The van der Waals surface area contributed by atoms with E-state index < -0.39 is 28.9 Å². The Labute approximate surface area is 341 Å². The van der Waals surface area contributed by atoms with Crippen molar-refractivity contribution in [3.63, 3.8) is 0 Å². The van der Waals surface area contributed by atoms with Gasteiger partial charge in [0.2, 0.25) is 5.91 Å². The summed E-state index contributed by atoms with van der Waals surface area (Å²) in [5.41, 5.74) is 1.15. The number of aliphatic hydroxyl groups excluding tert-OH is 1. The molecule has 57 heavy (non-hydrogen) atoms. The Hall–Kier alpha value is -3.11. The van der Waals surface area contributed by atoms with Gasteiger partial charge >= 0.3 is 11.9 Å². The van der Waals surface area contributed by atoms with Gasteiger partial charge in [0, 0.05) is 62.7 Å². The lowest BCUT2D eigenvalue weighted by Gasteiger charge is -2.72. The van der Waals surface area contributed by atoms with Crippen molar-refractivity contribution in [2.24, 2.45) is 56.2 Å². The molecule has 0 unspecified atom stereocenters. The number of nitrogens with one attached hydrogen (secondary N) is 1. The topological polar surface area (TPSA) is 146 Å². The third kappa shape index (κ3) is 7.42. The second-order valence-electron chi connectivity index (χ2n) is 21.2. The number of amides is 1. The number of carboxylic acids is 1. The molecule has 4 saturated carbocycles. The number of hydrogen-bond donors (Lipinski definition) is 3. The summed E-state index contributed by atoms with van der Waals surface area (Å²) < 4.78 is 6.18. The molecule has 1 heterocycles. The van der Waals surface area contributed by atoms with Gasteiger partial charge in [-0.15, -0.1) is 0 Å². The van der Waals surface area contributed by atoms with Gasteiger partial charge in [-0.2, -0.15) is 0 Å².